The smallest absolute Gasteiger partial charge is 0.302 e. The fourth-order valence-electron chi connectivity index (χ4n) is 7.75. The molecule has 0 radical (unpaired) electrons. The van der Waals surface area contributed by atoms with E-state index in [4.69, 9.17) is 9.16 Å². The Bertz CT molecular complexity index is 839. The Morgan fingerprint density at radius 2 is 1.82 bits per heavy atom. The van der Waals surface area contributed by atoms with Gasteiger partial charge in [-0.3, -0.25) is 9.59 Å². The van der Waals surface area contributed by atoms with Gasteiger partial charge in [0.2, 0.25) is 0 Å². The zero-order chi connectivity index (χ0) is 24.4. The number of rotatable bonds is 4. The lowest BCUT2D eigenvalue weighted by molar-refractivity contribution is -0.159. The van der Waals surface area contributed by atoms with Gasteiger partial charge in [0.25, 0.3) is 0 Å². The van der Waals surface area contributed by atoms with Crippen molar-refractivity contribution < 1.29 is 18.8 Å². The minimum atomic E-state index is -1.86. The van der Waals surface area contributed by atoms with E-state index in [1.54, 1.807) is 6.92 Å². The molecule has 0 heterocycles. The van der Waals surface area contributed by atoms with E-state index < -0.39 is 8.32 Å². The topological polar surface area (TPSA) is 52.6 Å². The summed E-state index contributed by atoms with van der Waals surface area (Å²) < 4.78 is 12.7. The summed E-state index contributed by atoms with van der Waals surface area (Å²) in [5.74, 6) is 2.33. The highest BCUT2D eigenvalue weighted by Gasteiger charge is 2.62. The van der Waals surface area contributed by atoms with Crippen LogP contribution in [0.15, 0.2) is 11.6 Å². The van der Waals surface area contributed by atoms with Gasteiger partial charge in [0.15, 0.2) is 14.1 Å². The van der Waals surface area contributed by atoms with Crippen molar-refractivity contribution in [3.8, 4) is 0 Å². The molecule has 7 unspecified atom stereocenters. The minimum absolute atomic E-state index is 0.0422. The van der Waals surface area contributed by atoms with Crippen LogP contribution in [-0.2, 0) is 18.8 Å². The molecule has 0 aromatic carbocycles. The third-order valence-electron chi connectivity index (χ3n) is 10.8. The molecule has 3 fully saturated rings. The standard InChI is InChI=1S/C28H46O4Si/c1-18(29)32-24-10-9-22-25-19(17-31-33(7,8)26(2,3)4)15-20-16-21(30)11-13-27(20,5)23(25)12-14-28(22,24)6/h16,19,22-25H,9-15,17H2,1-8H3. The zero-order valence-electron chi connectivity index (χ0n) is 22.3. The van der Waals surface area contributed by atoms with Crippen molar-refractivity contribution in [3.05, 3.63) is 11.6 Å². The lowest BCUT2D eigenvalue weighted by Crippen LogP contribution is -2.56. The van der Waals surface area contributed by atoms with Crippen molar-refractivity contribution in [1.29, 1.82) is 0 Å². The van der Waals surface area contributed by atoms with Crippen molar-refractivity contribution in [1.82, 2.24) is 0 Å². The van der Waals surface area contributed by atoms with Crippen LogP contribution in [-0.4, -0.2) is 32.8 Å². The fourth-order valence-corrected chi connectivity index (χ4v) is 8.82. The predicted octanol–water partition coefficient (Wildman–Crippen LogP) is 6.70. The molecule has 186 valence electrons. The Balaban J connectivity index is 1.68. The van der Waals surface area contributed by atoms with Crippen LogP contribution in [0.25, 0.3) is 0 Å². The summed E-state index contributed by atoms with van der Waals surface area (Å²) in [5.41, 5.74) is 1.58. The van der Waals surface area contributed by atoms with Crippen LogP contribution in [0.3, 0.4) is 0 Å². The first-order valence-electron chi connectivity index (χ1n) is 13.2. The second kappa shape index (κ2) is 8.32. The molecule has 5 heteroatoms. The quantitative estimate of drug-likeness (QED) is 0.336. The summed E-state index contributed by atoms with van der Waals surface area (Å²) in [6.45, 7) is 18.8. The van der Waals surface area contributed by atoms with Gasteiger partial charge in [-0.25, -0.2) is 0 Å². The van der Waals surface area contributed by atoms with E-state index in [2.05, 4.69) is 47.7 Å². The molecule has 4 aliphatic carbocycles. The summed E-state index contributed by atoms with van der Waals surface area (Å²) in [4.78, 5) is 24.3. The Labute approximate surface area is 202 Å². The van der Waals surface area contributed by atoms with Crippen LogP contribution in [0.1, 0.15) is 86.5 Å². The minimum Gasteiger partial charge on any atom is -0.462 e. The van der Waals surface area contributed by atoms with E-state index in [9.17, 15) is 9.59 Å². The van der Waals surface area contributed by atoms with E-state index in [1.165, 1.54) is 5.57 Å². The Kier molecular flexibility index (Phi) is 6.35. The first-order valence-corrected chi connectivity index (χ1v) is 16.1. The van der Waals surface area contributed by atoms with Gasteiger partial charge in [0.1, 0.15) is 6.10 Å². The molecule has 0 N–H and O–H groups in total. The van der Waals surface area contributed by atoms with Crippen LogP contribution in [0.2, 0.25) is 18.1 Å². The van der Waals surface area contributed by atoms with Crippen molar-refractivity contribution in [2.45, 2.75) is 111 Å². The molecule has 33 heavy (non-hydrogen) atoms. The van der Waals surface area contributed by atoms with Gasteiger partial charge in [-0.05, 0) is 91.8 Å². The molecule has 3 saturated carbocycles. The van der Waals surface area contributed by atoms with Crippen molar-refractivity contribution >= 4 is 20.1 Å². The molecule has 0 aromatic rings. The van der Waals surface area contributed by atoms with Gasteiger partial charge < -0.3 is 9.16 Å². The van der Waals surface area contributed by atoms with E-state index in [1.807, 2.05) is 6.08 Å². The van der Waals surface area contributed by atoms with Crippen LogP contribution in [0.4, 0.5) is 0 Å². The molecule has 4 nitrogen and oxygen atoms in total. The molecule has 0 bridgehead atoms. The fraction of sp³-hybridized carbons (Fsp3) is 0.857. The Hall–Kier alpha value is -0.943. The monoisotopic (exact) mass is 474 g/mol. The second-order valence-electron chi connectivity index (χ2n) is 13.6. The maximum absolute atomic E-state index is 12.4. The number of ketones is 1. The highest BCUT2D eigenvalue weighted by Crippen LogP contribution is 2.67. The number of ether oxygens (including phenoxy) is 1. The van der Waals surface area contributed by atoms with Crippen molar-refractivity contribution in [2.75, 3.05) is 6.61 Å². The molecule has 7 atom stereocenters. The summed E-state index contributed by atoms with van der Waals surface area (Å²) in [5, 5.41) is 0.185. The van der Waals surface area contributed by atoms with Crippen molar-refractivity contribution in [3.63, 3.8) is 0 Å². The zero-order valence-corrected chi connectivity index (χ0v) is 23.3. The van der Waals surface area contributed by atoms with E-state index in [0.29, 0.717) is 35.9 Å². The Morgan fingerprint density at radius 3 is 2.45 bits per heavy atom. The molecule has 0 aromatic heterocycles. The molecular weight excluding hydrogens is 428 g/mol. The summed E-state index contributed by atoms with van der Waals surface area (Å²) in [6.07, 6.45) is 9.11. The van der Waals surface area contributed by atoms with Crippen LogP contribution >= 0.6 is 0 Å². The van der Waals surface area contributed by atoms with Crippen molar-refractivity contribution in [2.24, 2.45) is 34.5 Å². The van der Waals surface area contributed by atoms with Crippen LogP contribution < -0.4 is 0 Å². The lowest BCUT2D eigenvalue weighted by atomic mass is 9.45. The van der Waals surface area contributed by atoms with Gasteiger partial charge in [-0.2, -0.15) is 0 Å². The number of esters is 1. The lowest BCUT2D eigenvalue weighted by Gasteiger charge is -2.60. The molecule has 0 spiro atoms. The van der Waals surface area contributed by atoms with Gasteiger partial charge in [0.05, 0.1) is 0 Å². The molecule has 0 amide bonds. The highest BCUT2D eigenvalue weighted by molar-refractivity contribution is 6.74. The predicted molar refractivity (Wildman–Crippen MR) is 134 cm³/mol. The molecular formula is C28H46O4Si. The third kappa shape index (κ3) is 4.20. The number of allylic oxidation sites excluding steroid dienone is 1. The van der Waals surface area contributed by atoms with Gasteiger partial charge >= 0.3 is 5.97 Å². The SMILES string of the molecule is CC(=O)OC1CCC2C3C(CO[Si](C)(C)C(C)(C)C)CC4=CC(=O)CCC4(C)C3CCC12C. The van der Waals surface area contributed by atoms with Crippen LogP contribution in [0.5, 0.6) is 0 Å². The summed E-state index contributed by atoms with van der Waals surface area (Å²) in [7, 11) is -1.86. The molecule has 4 aliphatic rings. The molecule has 4 rings (SSSR count). The van der Waals surface area contributed by atoms with E-state index >= 15 is 0 Å². The summed E-state index contributed by atoms with van der Waals surface area (Å²) in [6, 6.07) is 0. The molecule has 0 saturated heterocycles. The van der Waals surface area contributed by atoms with E-state index in [0.717, 1.165) is 45.1 Å². The van der Waals surface area contributed by atoms with E-state index in [-0.39, 0.29) is 27.9 Å². The number of carbonyl (C=O) groups excluding carboxylic acids is 2. The largest absolute Gasteiger partial charge is 0.462 e. The third-order valence-corrected chi connectivity index (χ3v) is 15.3. The van der Waals surface area contributed by atoms with Gasteiger partial charge in [0, 0.05) is 25.4 Å². The van der Waals surface area contributed by atoms with Gasteiger partial charge in [-0.1, -0.05) is 40.2 Å². The first kappa shape index (κ1) is 25.2. The maximum Gasteiger partial charge on any atom is 0.302 e. The van der Waals surface area contributed by atoms with Gasteiger partial charge in [-0.15, -0.1) is 0 Å². The number of fused-ring (bicyclic) bond motifs is 5. The average Bonchev–Trinajstić information content (AvgIpc) is 3.02. The number of hydrogen-bond acceptors (Lipinski definition) is 4. The number of carbonyl (C=O) groups is 2. The average molecular weight is 475 g/mol. The first-order chi connectivity index (χ1) is 15.2. The maximum atomic E-state index is 12.4. The second-order valence-corrected chi connectivity index (χ2v) is 18.4. The molecule has 0 aliphatic heterocycles. The Morgan fingerprint density at radius 1 is 1.12 bits per heavy atom. The number of hydrogen-bond donors (Lipinski definition) is 0. The highest BCUT2D eigenvalue weighted by atomic mass is 28.4. The normalized spacial score (nSPS) is 41.0. The summed E-state index contributed by atoms with van der Waals surface area (Å²) >= 11 is 0. The van der Waals surface area contributed by atoms with Crippen LogP contribution in [0, 0.1) is 34.5 Å².